The maximum absolute atomic E-state index is 5.60. The van der Waals surface area contributed by atoms with E-state index in [1.807, 2.05) is 0 Å². The van der Waals surface area contributed by atoms with E-state index in [0.717, 1.165) is 0 Å². The van der Waals surface area contributed by atoms with Crippen molar-refractivity contribution in [1.29, 1.82) is 0 Å². The fourth-order valence-corrected chi connectivity index (χ4v) is 0.884. The summed E-state index contributed by atoms with van der Waals surface area (Å²) in [6.45, 7) is 0. The second kappa shape index (κ2) is 2.74. The largest absolute Gasteiger partial charge is 0.263 e. The number of aromatic nitrogens is 1. The van der Waals surface area contributed by atoms with Gasteiger partial charge >= 0.3 is 0 Å². The number of halogens is 3. The van der Waals surface area contributed by atoms with Crippen molar-refractivity contribution in [1.82, 2.24) is 4.98 Å². The highest BCUT2D eigenvalue weighted by atomic mass is 35.5. The zero-order valence-corrected chi connectivity index (χ0v) is 6.59. The van der Waals surface area contributed by atoms with Crippen LogP contribution in [0.4, 0.5) is 0 Å². The molecule has 0 unspecified atom stereocenters. The zero-order valence-electron chi connectivity index (χ0n) is 4.27. The molecule has 0 atom stereocenters. The highest BCUT2D eigenvalue weighted by Gasteiger charge is 2.07. The molecule has 48 valence electrons. The van der Waals surface area contributed by atoms with Crippen molar-refractivity contribution in [2.75, 3.05) is 0 Å². The van der Waals surface area contributed by atoms with E-state index in [2.05, 4.69) is 4.98 Å². The highest BCUT2D eigenvalue weighted by Crippen LogP contribution is 2.23. The minimum atomic E-state index is 0.404. The van der Waals surface area contributed by atoms with Gasteiger partial charge in [0, 0.05) is 6.20 Å². The fourth-order valence-electron chi connectivity index (χ4n) is 0.401. The van der Waals surface area contributed by atoms with Crippen molar-refractivity contribution in [3.63, 3.8) is 0 Å². The van der Waals surface area contributed by atoms with Gasteiger partial charge in [0.2, 0.25) is 0 Å². The van der Waals surface area contributed by atoms with Crippen LogP contribution >= 0.6 is 23.2 Å². The van der Waals surface area contributed by atoms with E-state index in [4.69, 9.17) is 34.8 Å². The van der Waals surface area contributed by atoms with E-state index < -0.39 is 0 Å². The summed E-state index contributed by atoms with van der Waals surface area (Å²) in [4.78, 5) is 3.72. The van der Waals surface area contributed by atoms with Crippen molar-refractivity contribution < 1.29 is 11.6 Å². The molecule has 0 aliphatic carbocycles. The van der Waals surface area contributed by atoms with Gasteiger partial charge in [0.25, 0.3) is 5.02 Å². The third-order valence-electron chi connectivity index (χ3n) is 0.806. The van der Waals surface area contributed by atoms with Crippen LogP contribution in [0.2, 0.25) is 15.1 Å². The minimum absolute atomic E-state index is 0.404. The van der Waals surface area contributed by atoms with Crippen molar-refractivity contribution in [3.8, 4) is 0 Å². The molecule has 0 amide bonds. The summed E-state index contributed by atoms with van der Waals surface area (Å²) in [5.74, 6) is 0. The van der Waals surface area contributed by atoms with Gasteiger partial charge in [0.1, 0.15) is 5.02 Å². The summed E-state index contributed by atoms with van der Waals surface area (Å²) in [5, 5.41) is 1.30. The van der Waals surface area contributed by atoms with Gasteiger partial charge in [-0.25, -0.2) is 0 Å². The second-order valence-corrected chi connectivity index (χ2v) is 2.66. The molecule has 0 aromatic carbocycles. The molecule has 0 bridgehead atoms. The second-order valence-electron chi connectivity index (χ2n) is 1.43. The smallest absolute Gasteiger partial charge is 0.257 e. The topological polar surface area (TPSA) is 12.9 Å². The maximum atomic E-state index is 5.60. The summed E-state index contributed by atoms with van der Waals surface area (Å²) in [7, 11) is 0. The first-order valence-corrected chi connectivity index (χ1v) is 3.34. The van der Waals surface area contributed by atoms with Gasteiger partial charge in [-0.05, 0) is 0 Å². The molecule has 0 N–H and O–H groups in total. The average molecular weight is 183 g/mol. The third kappa shape index (κ3) is 1.48. The maximum Gasteiger partial charge on any atom is 0.263 e. The van der Waals surface area contributed by atoms with Crippen molar-refractivity contribution in [2.24, 2.45) is 0 Å². The SMILES string of the molecule is Clc1cncc([ClH+])c1Cl. The Morgan fingerprint density at radius 1 is 1.33 bits per heavy atom. The Labute approximate surface area is 67.6 Å². The van der Waals surface area contributed by atoms with Crippen LogP contribution in [0.3, 0.4) is 0 Å². The summed E-state index contributed by atoms with van der Waals surface area (Å²) in [5.41, 5.74) is 0. The van der Waals surface area contributed by atoms with Crippen LogP contribution in [0.15, 0.2) is 12.4 Å². The molecular formula is C5H3Cl3N+. The van der Waals surface area contributed by atoms with Crippen LogP contribution < -0.4 is 0 Å². The van der Waals surface area contributed by atoms with Crippen LogP contribution in [0.5, 0.6) is 0 Å². The predicted molar refractivity (Wildman–Crippen MR) is 34.8 cm³/mol. The molecule has 1 nitrogen and oxygen atoms in total. The summed E-state index contributed by atoms with van der Waals surface area (Å²) >= 11 is 15.9. The molecule has 0 aliphatic rings. The molecule has 4 heteroatoms. The van der Waals surface area contributed by atoms with E-state index in [0.29, 0.717) is 15.1 Å². The molecule has 1 aromatic rings. The van der Waals surface area contributed by atoms with Gasteiger partial charge in [-0.1, -0.05) is 23.2 Å². The molecule has 0 spiro atoms. The quantitative estimate of drug-likeness (QED) is 0.600. The van der Waals surface area contributed by atoms with Crippen LogP contribution in [0.25, 0.3) is 0 Å². The van der Waals surface area contributed by atoms with E-state index in [9.17, 15) is 0 Å². The Balaban J connectivity index is 3.25. The lowest BCUT2D eigenvalue weighted by atomic mass is 10.5. The Morgan fingerprint density at radius 2 is 2.00 bits per heavy atom. The number of pyridine rings is 1. The zero-order chi connectivity index (χ0) is 6.85. The molecular weight excluding hydrogens is 180 g/mol. The molecule has 1 aromatic heterocycles. The Kier molecular flexibility index (Phi) is 2.17. The molecule has 0 saturated carbocycles. The standard InChI is InChI=1S/C5H3Cl3N/c6-3-1-9-2-4(7)5(3)8/h1-2,6H/q+1. The average Bonchev–Trinajstić information content (AvgIpc) is 1.83. The number of nitrogens with zero attached hydrogens (tertiary/aromatic N) is 1. The third-order valence-corrected chi connectivity index (χ3v) is 2.02. The highest BCUT2D eigenvalue weighted by molar-refractivity contribution is 6.42. The first kappa shape index (κ1) is 7.13. The first-order valence-electron chi connectivity index (χ1n) is 2.18. The van der Waals surface area contributed by atoms with Crippen molar-refractivity contribution in [2.45, 2.75) is 0 Å². The lowest BCUT2D eigenvalue weighted by molar-refractivity contribution is -0.289. The Hall–Kier alpha value is 0.0200. The van der Waals surface area contributed by atoms with E-state index in [1.54, 1.807) is 0 Å². The predicted octanol–water partition coefficient (Wildman–Crippen LogP) is 2.08. The number of hydrogen-bond acceptors (Lipinski definition) is 1. The summed E-state index contributed by atoms with van der Waals surface area (Å²) in [6, 6.07) is 0. The molecule has 0 radical (unpaired) electrons. The molecule has 0 aliphatic heterocycles. The van der Waals surface area contributed by atoms with E-state index >= 15 is 0 Å². The lowest BCUT2D eigenvalue weighted by Crippen LogP contribution is -1.76. The lowest BCUT2D eigenvalue weighted by Gasteiger charge is -1.88. The summed E-state index contributed by atoms with van der Waals surface area (Å²) < 4.78 is 0. The molecule has 0 fully saturated rings. The minimum Gasteiger partial charge on any atom is -0.257 e. The Morgan fingerprint density at radius 3 is 2.44 bits per heavy atom. The number of hydrogen-bond donors (Lipinski definition) is 0. The first-order chi connectivity index (χ1) is 4.22. The van der Waals surface area contributed by atoms with E-state index in [-0.39, 0.29) is 0 Å². The fraction of sp³-hybridized carbons (Fsp3) is 0. The van der Waals surface area contributed by atoms with Crippen LogP contribution in [-0.4, -0.2) is 4.98 Å². The van der Waals surface area contributed by atoms with Gasteiger partial charge < -0.3 is 0 Å². The molecule has 9 heavy (non-hydrogen) atoms. The van der Waals surface area contributed by atoms with Gasteiger partial charge in [-0.2, -0.15) is 0 Å². The van der Waals surface area contributed by atoms with Crippen LogP contribution in [0.1, 0.15) is 0 Å². The van der Waals surface area contributed by atoms with Gasteiger partial charge in [-0.15, -0.1) is 0 Å². The normalized spacial score (nSPS) is 9.67. The molecule has 1 heterocycles. The van der Waals surface area contributed by atoms with Crippen LogP contribution in [-0.2, 0) is 0 Å². The monoisotopic (exact) mass is 182 g/mol. The molecule has 0 saturated heterocycles. The Bertz CT molecular complexity index is 203. The van der Waals surface area contributed by atoms with Crippen molar-refractivity contribution >= 4 is 23.2 Å². The van der Waals surface area contributed by atoms with Crippen LogP contribution in [0, 0.1) is 11.6 Å². The van der Waals surface area contributed by atoms with Gasteiger partial charge in [-0.3, -0.25) is 4.98 Å². The molecule has 1 rings (SSSR count). The summed E-state index contributed by atoms with van der Waals surface area (Å²) in [6.07, 6.45) is 2.95. The number of rotatable bonds is 0. The van der Waals surface area contributed by atoms with Gasteiger partial charge in [0.15, 0.2) is 11.6 Å². The van der Waals surface area contributed by atoms with Crippen molar-refractivity contribution in [3.05, 3.63) is 27.5 Å². The van der Waals surface area contributed by atoms with E-state index in [1.165, 1.54) is 12.4 Å². The van der Waals surface area contributed by atoms with Gasteiger partial charge in [0.05, 0.1) is 11.2 Å².